The molecule has 138 valence electrons. The Bertz CT molecular complexity index is 765. The lowest BCUT2D eigenvalue weighted by atomic mass is 9.81. The number of carbonyl (C=O) groups is 1. The molecule has 0 aliphatic carbocycles. The van der Waals surface area contributed by atoms with Gasteiger partial charge in [-0.1, -0.05) is 24.3 Å². The van der Waals surface area contributed by atoms with Crippen LogP contribution in [0.4, 0.5) is 0 Å². The van der Waals surface area contributed by atoms with E-state index in [0.29, 0.717) is 25.5 Å². The van der Waals surface area contributed by atoms with Gasteiger partial charge in [0, 0.05) is 50.7 Å². The van der Waals surface area contributed by atoms with Gasteiger partial charge in [0.25, 0.3) is 0 Å². The highest BCUT2D eigenvalue weighted by atomic mass is 16.4. The maximum absolute atomic E-state index is 12.0. The first-order valence-corrected chi connectivity index (χ1v) is 8.72. The number of fused-ring (bicyclic) bond motifs is 1. The second-order valence-corrected chi connectivity index (χ2v) is 7.22. The fourth-order valence-corrected chi connectivity index (χ4v) is 4.31. The second-order valence-electron chi connectivity index (χ2n) is 7.22. The van der Waals surface area contributed by atoms with Gasteiger partial charge in [-0.3, -0.25) is 14.6 Å². The molecule has 0 unspecified atom stereocenters. The number of likely N-dealkylation sites (tertiary alicyclic amines) is 2. The van der Waals surface area contributed by atoms with Crippen molar-refractivity contribution in [3.05, 3.63) is 29.8 Å². The van der Waals surface area contributed by atoms with Crippen LogP contribution in [0.1, 0.15) is 5.56 Å². The van der Waals surface area contributed by atoms with Crippen LogP contribution in [0.25, 0.3) is 11.4 Å². The van der Waals surface area contributed by atoms with Crippen molar-refractivity contribution in [1.82, 2.24) is 30.4 Å². The van der Waals surface area contributed by atoms with E-state index < -0.39 is 11.4 Å². The molecule has 0 radical (unpaired) electrons. The van der Waals surface area contributed by atoms with Gasteiger partial charge >= 0.3 is 5.97 Å². The van der Waals surface area contributed by atoms with Crippen molar-refractivity contribution in [2.75, 3.05) is 39.3 Å². The zero-order valence-corrected chi connectivity index (χ0v) is 14.4. The number of aliphatic carboxylic acids is 1. The second kappa shape index (κ2) is 6.75. The van der Waals surface area contributed by atoms with E-state index in [1.54, 1.807) is 0 Å². The minimum absolute atomic E-state index is 0.0683. The third-order valence-electron chi connectivity index (χ3n) is 5.56. The van der Waals surface area contributed by atoms with Crippen LogP contribution in [0.2, 0.25) is 0 Å². The SMILES string of the molecule is O=C(O)[C@@]12CN(CCO)C[C@@H]1CN(Cc1ccc(-c3nn[nH]n3)cc1)C2. The van der Waals surface area contributed by atoms with E-state index in [1.807, 2.05) is 24.3 Å². The molecule has 0 spiro atoms. The van der Waals surface area contributed by atoms with E-state index in [0.717, 1.165) is 30.8 Å². The van der Waals surface area contributed by atoms with Crippen molar-refractivity contribution in [1.29, 1.82) is 0 Å². The first-order chi connectivity index (χ1) is 12.6. The molecule has 0 saturated carbocycles. The summed E-state index contributed by atoms with van der Waals surface area (Å²) in [5, 5.41) is 32.9. The molecule has 2 atom stereocenters. The molecular weight excluding hydrogens is 336 g/mol. The largest absolute Gasteiger partial charge is 0.481 e. The Morgan fingerprint density at radius 3 is 2.58 bits per heavy atom. The number of nitrogens with one attached hydrogen (secondary N) is 1. The van der Waals surface area contributed by atoms with E-state index in [2.05, 4.69) is 30.4 Å². The molecule has 3 heterocycles. The molecule has 1 aromatic heterocycles. The molecule has 0 bridgehead atoms. The summed E-state index contributed by atoms with van der Waals surface area (Å²) in [6.07, 6.45) is 0. The number of hydrogen-bond donors (Lipinski definition) is 3. The van der Waals surface area contributed by atoms with Crippen molar-refractivity contribution >= 4 is 5.97 Å². The molecule has 2 aliphatic heterocycles. The number of hydrogen-bond acceptors (Lipinski definition) is 7. The molecule has 9 nitrogen and oxygen atoms in total. The normalized spacial score (nSPS) is 26.3. The van der Waals surface area contributed by atoms with Gasteiger partial charge in [0.1, 0.15) is 0 Å². The van der Waals surface area contributed by atoms with Crippen LogP contribution < -0.4 is 0 Å². The topological polar surface area (TPSA) is 118 Å². The number of carboxylic acids is 1. The number of aromatic nitrogens is 4. The Morgan fingerprint density at radius 1 is 1.23 bits per heavy atom. The molecule has 3 N–H and O–H groups in total. The van der Waals surface area contributed by atoms with Gasteiger partial charge in [0.05, 0.1) is 12.0 Å². The maximum Gasteiger partial charge on any atom is 0.312 e. The maximum atomic E-state index is 12.0. The molecule has 2 aromatic rings. The quantitative estimate of drug-likeness (QED) is 0.643. The van der Waals surface area contributed by atoms with Crippen molar-refractivity contribution in [2.45, 2.75) is 6.54 Å². The van der Waals surface area contributed by atoms with Crippen LogP contribution >= 0.6 is 0 Å². The molecule has 9 heteroatoms. The van der Waals surface area contributed by atoms with Gasteiger partial charge in [-0.15, -0.1) is 10.2 Å². The molecule has 4 rings (SSSR count). The van der Waals surface area contributed by atoms with E-state index >= 15 is 0 Å². The molecule has 2 fully saturated rings. The summed E-state index contributed by atoms with van der Waals surface area (Å²) in [4.78, 5) is 16.3. The standard InChI is InChI=1S/C17H22N6O3/c24-6-5-22-8-14-9-23(11-17(14,10-22)16(25)26)7-12-1-3-13(4-2-12)15-18-20-21-19-15/h1-4,14,24H,5-11H2,(H,25,26)(H,18,19,20,21)/t14-,17-/m1/s1. The van der Waals surface area contributed by atoms with Crippen LogP contribution in [0.3, 0.4) is 0 Å². The van der Waals surface area contributed by atoms with E-state index in [-0.39, 0.29) is 12.5 Å². The zero-order chi connectivity index (χ0) is 18.1. The van der Waals surface area contributed by atoms with Gasteiger partial charge in [-0.2, -0.15) is 5.21 Å². The number of aromatic amines is 1. The Balaban J connectivity index is 1.43. The summed E-state index contributed by atoms with van der Waals surface area (Å²) in [6, 6.07) is 7.94. The number of aliphatic hydroxyl groups excluding tert-OH is 1. The van der Waals surface area contributed by atoms with E-state index in [1.165, 1.54) is 0 Å². The number of rotatable bonds is 6. The van der Waals surface area contributed by atoms with Crippen molar-refractivity contribution < 1.29 is 15.0 Å². The average molecular weight is 358 g/mol. The van der Waals surface area contributed by atoms with Crippen LogP contribution in [-0.2, 0) is 11.3 Å². The summed E-state index contributed by atoms with van der Waals surface area (Å²) >= 11 is 0. The minimum Gasteiger partial charge on any atom is -0.481 e. The highest BCUT2D eigenvalue weighted by Crippen LogP contribution is 2.43. The number of tetrazole rings is 1. The number of β-amino-alcohol motifs (C(OH)–C–C–N with tert-alkyl or cyclic N) is 1. The number of nitrogens with zero attached hydrogens (tertiary/aromatic N) is 5. The first kappa shape index (κ1) is 17.1. The third-order valence-corrected chi connectivity index (χ3v) is 5.56. The van der Waals surface area contributed by atoms with E-state index in [4.69, 9.17) is 5.11 Å². The summed E-state index contributed by atoms with van der Waals surface area (Å²) in [5.41, 5.74) is 1.30. The highest BCUT2D eigenvalue weighted by molar-refractivity contribution is 5.77. The lowest BCUT2D eigenvalue weighted by Crippen LogP contribution is -2.41. The van der Waals surface area contributed by atoms with Crippen LogP contribution in [0.15, 0.2) is 24.3 Å². The van der Waals surface area contributed by atoms with Crippen molar-refractivity contribution in [3.63, 3.8) is 0 Å². The third kappa shape index (κ3) is 2.98. The first-order valence-electron chi connectivity index (χ1n) is 8.72. The number of carboxylic acid groups (broad SMARTS) is 1. The van der Waals surface area contributed by atoms with Crippen LogP contribution in [0, 0.1) is 11.3 Å². The molecular formula is C17H22N6O3. The van der Waals surface area contributed by atoms with Gasteiger partial charge in [0.2, 0.25) is 5.82 Å². The average Bonchev–Trinajstić information content (AvgIpc) is 3.31. The molecule has 0 amide bonds. The zero-order valence-electron chi connectivity index (χ0n) is 14.4. The summed E-state index contributed by atoms with van der Waals surface area (Å²) in [5.74, 6) is -0.0656. The Morgan fingerprint density at radius 2 is 1.96 bits per heavy atom. The summed E-state index contributed by atoms with van der Waals surface area (Å²) in [6.45, 7) is 3.89. The molecule has 2 saturated heterocycles. The van der Waals surface area contributed by atoms with Crippen LogP contribution in [0.5, 0.6) is 0 Å². The fraction of sp³-hybridized carbons (Fsp3) is 0.529. The predicted molar refractivity (Wildman–Crippen MR) is 92.0 cm³/mol. The van der Waals surface area contributed by atoms with Gasteiger partial charge in [0.15, 0.2) is 0 Å². The number of benzene rings is 1. The number of H-pyrrole nitrogens is 1. The minimum atomic E-state index is -0.724. The lowest BCUT2D eigenvalue weighted by Gasteiger charge is -2.25. The monoisotopic (exact) mass is 358 g/mol. The smallest absolute Gasteiger partial charge is 0.312 e. The van der Waals surface area contributed by atoms with Crippen molar-refractivity contribution in [3.8, 4) is 11.4 Å². The summed E-state index contributed by atoms with van der Waals surface area (Å²) in [7, 11) is 0. The molecule has 2 aliphatic rings. The Labute approximate surface area is 150 Å². The van der Waals surface area contributed by atoms with Gasteiger partial charge < -0.3 is 10.2 Å². The fourth-order valence-electron chi connectivity index (χ4n) is 4.31. The van der Waals surface area contributed by atoms with E-state index in [9.17, 15) is 9.90 Å². The summed E-state index contributed by atoms with van der Waals surface area (Å²) < 4.78 is 0. The predicted octanol–water partition coefficient (Wildman–Crippen LogP) is -0.323. The number of aliphatic hydroxyl groups is 1. The highest BCUT2D eigenvalue weighted by Gasteiger charge is 2.57. The Kier molecular flexibility index (Phi) is 4.43. The van der Waals surface area contributed by atoms with Crippen molar-refractivity contribution in [2.24, 2.45) is 11.3 Å². The molecule has 26 heavy (non-hydrogen) atoms. The lowest BCUT2D eigenvalue weighted by molar-refractivity contribution is -0.149. The van der Waals surface area contributed by atoms with Gasteiger partial charge in [-0.25, -0.2) is 0 Å². The molecule has 1 aromatic carbocycles. The van der Waals surface area contributed by atoms with Crippen LogP contribution in [-0.4, -0.2) is 85.9 Å². The Hall–Kier alpha value is -2.36. The van der Waals surface area contributed by atoms with Gasteiger partial charge in [-0.05, 0) is 10.8 Å².